The fraction of sp³-hybridized carbons (Fsp3) is 0.600. The smallest absolute Gasteiger partial charge is 0.175 e. The van der Waals surface area contributed by atoms with Crippen LogP contribution in [-0.4, -0.2) is 21.2 Å². The summed E-state index contributed by atoms with van der Waals surface area (Å²) >= 11 is 0. The molecule has 0 aliphatic rings. The second-order valence-electron chi connectivity index (χ2n) is 6.33. The van der Waals surface area contributed by atoms with Gasteiger partial charge in [0.1, 0.15) is 0 Å². The highest BCUT2D eigenvalue weighted by molar-refractivity contribution is 7.90. The third-order valence-corrected chi connectivity index (χ3v) is 4.26. The first-order valence-electron chi connectivity index (χ1n) is 6.63. The van der Waals surface area contributed by atoms with E-state index in [2.05, 4.69) is 33.0 Å². The maximum Gasteiger partial charge on any atom is 0.175 e. The minimum atomic E-state index is -3.10. The Morgan fingerprint density at radius 3 is 2.11 bits per heavy atom. The molecule has 0 fully saturated rings. The van der Waals surface area contributed by atoms with Crippen LogP contribution >= 0.6 is 0 Å². The van der Waals surface area contributed by atoms with Gasteiger partial charge in [-0.25, -0.2) is 8.42 Å². The lowest BCUT2D eigenvalue weighted by Crippen LogP contribution is -2.23. The first-order valence-corrected chi connectivity index (χ1v) is 8.52. The quantitative estimate of drug-likeness (QED) is 0.903. The zero-order valence-corrected chi connectivity index (χ0v) is 13.3. The van der Waals surface area contributed by atoms with E-state index in [4.69, 9.17) is 0 Å². The van der Waals surface area contributed by atoms with Crippen LogP contribution < -0.4 is 5.32 Å². The second-order valence-corrected chi connectivity index (χ2v) is 8.34. The molecule has 0 aromatic heterocycles. The van der Waals surface area contributed by atoms with Gasteiger partial charge in [0.25, 0.3) is 0 Å². The number of sulfone groups is 1. The van der Waals surface area contributed by atoms with Gasteiger partial charge in [-0.3, -0.25) is 0 Å². The van der Waals surface area contributed by atoms with Crippen LogP contribution in [0.2, 0.25) is 0 Å². The maximum atomic E-state index is 11.4. The predicted octanol–water partition coefficient (Wildman–Crippen LogP) is 3.18. The molecule has 19 heavy (non-hydrogen) atoms. The van der Waals surface area contributed by atoms with Crippen molar-refractivity contribution in [1.29, 1.82) is 0 Å². The van der Waals surface area contributed by atoms with Gasteiger partial charge < -0.3 is 5.32 Å². The van der Waals surface area contributed by atoms with E-state index in [1.807, 2.05) is 12.1 Å². The highest BCUT2D eigenvalue weighted by atomic mass is 32.2. The number of nitrogens with one attached hydrogen (secondary N) is 1. The zero-order valence-electron chi connectivity index (χ0n) is 12.5. The molecule has 0 amide bonds. The lowest BCUT2D eigenvalue weighted by Gasteiger charge is -2.21. The van der Waals surface area contributed by atoms with Gasteiger partial charge in [-0.15, -0.1) is 0 Å². The molecule has 0 aliphatic heterocycles. The Kier molecular flexibility index (Phi) is 5.16. The molecule has 108 valence electrons. The minimum Gasteiger partial charge on any atom is -0.310 e. The summed E-state index contributed by atoms with van der Waals surface area (Å²) in [6.45, 7) is 9.72. The Balaban J connectivity index is 2.61. The summed E-state index contributed by atoms with van der Waals surface area (Å²) in [5, 5.41) is 3.46. The van der Waals surface area contributed by atoms with Gasteiger partial charge >= 0.3 is 0 Å². The van der Waals surface area contributed by atoms with Crippen LogP contribution in [0.4, 0.5) is 0 Å². The molecule has 0 saturated heterocycles. The molecule has 0 radical (unpaired) electrons. The third kappa shape index (κ3) is 5.74. The van der Waals surface area contributed by atoms with Crippen molar-refractivity contribution in [1.82, 2.24) is 5.32 Å². The summed E-state index contributed by atoms with van der Waals surface area (Å²) in [7, 11) is -3.10. The van der Waals surface area contributed by atoms with E-state index >= 15 is 0 Å². The largest absolute Gasteiger partial charge is 0.310 e. The molecule has 1 aromatic rings. The van der Waals surface area contributed by atoms with Gasteiger partial charge in [-0.2, -0.15) is 0 Å². The third-order valence-electron chi connectivity index (χ3n) is 3.13. The zero-order chi connectivity index (χ0) is 14.7. The molecule has 1 N–H and O–H groups in total. The van der Waals surface area contributed by atoms with Crippen LogP contribution in [-0.2, 0) is 9.84 Å². The summed E-state index contributed by atoms with van der Waals surface area (Å²) in [6.07, 6.45) is 2.34. The molecule has 0 spiro atoms. The van der Waals surface area contributed by atoms with Crippen molar-refractivity contribution in [2.75, 3.05) is 12.8 Å². The highest BCUT2D eigenvalue weighted by Crippen LogP contribution is 2.19. The average molecular weight is 283 g/mol. The molecule has 0 aliphatic carbocycles. The van der Waals surface area contributed by atoms with E-state index in [1.54, 1.807) is 12.1 Å². The monoisotopic (exact) mass is 283 g/mol. The van der Waals surface area contributed by atoms with E-state index in [0.29, 0.717) is 10.3 Å². The Morgan fingerprint density at radius 2 is 1.68 bits per heavy atom. The molecule has 0 saturated carbocycles. The normalized spacial score (nSPS) is 14.4. The summed E-state index contributed by atoms with van der Waals surface area (Å²) in [6, 6.07) is 7.34. The van der Waals surface area contributed by atoms with Crippen molar-refractivity contribution >= 4 is 9.84 Å². The van der Waals surface area contributed by atoms with Gasteiger partial charge in [0.2, 0.25) is 0 Å². The van der Waals surface area contributed by atoms with Gasteiger partial charge in [0.15, 0.2) is 9.84 Å². The molecule has 1 aromatic carbocycles. The van der Waals surface area contributed by atoms with Crippen LogP contribution in [0.1, 0.15) is 45.7 Å². The fourth-order valence-corrected chi connectivity index (χ4v) is 2.42. The van der Waals surface area contributed by atoms with E-state index < -0.39 is 9.84 Å². The van der Waals surface area contributed by atoms with Crippen LogP contribution in [0, 0.1) is 5.41 Å². The molecular formula is C15H25NO2S. The van der Waals surface area contributed by atoms with Crippen molar-refractivity contribution in [3.63, 3.8) is 0 Å². The lowest BCUT2D eigenvalue weighted by molar-refractivity contribution is 0.358. The summed E-state index contributed by atoms with van der Waals surface area (Å²) in [4.78, 5) is 0.373. The van der Waals surface area contributed by atoms with Crippen molar-refractivity contribution < 1.29 is 8.42 Å². The number of rotatable bonds is 5. The average Bonchev–Trinajstić information content (AvgIpc) is 2.26. The Hall–Kier alpha value is -0.870. The molecule has 1 unspecified atom stereocenters. The molecule has 4 heteroatoms. The van der Waals surface area contributed by atoms with Crippen molar-refractivity contribution in [3.05, 3.63) is 29.8 Å². The van der Waals surface area contributed by atoms with E-state index in [-0.39, 0.29) is 6.04 Å². The molecule has 1 rings (SSSR count). The maximum absolute atomic E-state index is 11.4. The summed E-state index contributed by atoms with van der Waals surface area (Å²) in [5.74, 6) is 0. The standard InChI is InChI=1S/C15H25NO2S/c1-12(16-11-10-15(2,3)4)13-6-8-14(9-7-13)19(5,17)18/h6-9,12,16H,10-11H2,1-5H3. The Labute approximate surface area is 117 Å². The van der Waals surface area contributed by atoms with E-state index in [0.717, 1.165) is 18.5 Å². The molecular weight excluding hydrogens is 258 g/mol. The van der Waals surface area contributed by atoms with Crippen LogP contribution in [0.15, 0.2) is 29.2 Å². The van der Waals surface area contributed by atoms with Gasteiger partial charge in [-0.05, 0) is 43.0 Å². The number of hydrogen-bond acceptors (Lipinski definition) is 3. The summed E-state index contributed by atoms with van der Waals surface area (Å²) in [5.41, 5.74) is 1.44. The lowest BCUT2D eigenvalue weighted by atomic mass is 9.92. The van der Waals surface area contributed by atoms with E-state index in [1.165, 1.54) is 6.26 Å². The van der Waals surface area contributed by atoms with E-state index in [9.17, 15) is 8.42 Å². The first-order chi connectivity index (χ1) is 8.59. The number of hydrogen-bond donors (Lipinski definition) is 1. The van der Waals surface area contributed by atoms with Gasteiger partial charge in [0, 0.05) is 12.3 Å². The van der Waals surface area contributed by atoms with Crippen LogP contribution in [0.3, 0.4) is 0 Å². The van der Waals surface area contributed by atoms with Crippen LogP contribution in [0.5, 0.6) is 0 Å². The fourth-order valence-electron chi connectivity index (χ4n) is 1.79. The second kappa shape index (κ2) is 6.06. The minimum absolute atomic E-state index is 0.232. The predicted molar refractivity (Wildman–Crippen MR) is 80.0 cm³/mol. The molecule has 1 atom stereocenters. The highest BCUT2D eigenvalue weighted by Gasteiger charge is 2.12. The Morgan fingerprint density at radius 1 is 1.16 bits per heavy atom. The SMILES string of the molecule is CC(NCCC(C)(C)C)c1ccc(S(C)(=O)=O)cc1. The topological polar surface area (TPSA) is 46.2 Å². The molecule has 0 bridgehead atoms. The summed E-state index contributed by atoms with van der Waals surface area (Å²) < 4.78 is 22.8. The Bertz CT molecular complexity index is 498. The first kappa shape index (κ1) is 16.2. The molecule has 0 heterocycles. The van der Waals surface area contributed by atoms with Crippen LogP contribution in [0.25, 0.3) is 0 Å². The number of benzene rings is 1. The van der Waals surface area contributed by atoms with Gasteiger partial charge in [0.05, 0.1) is 4.90 Å². The van der Waals surface area contributed by atoms with Crippen molar-refractivity contribution in [2.45, 2.75) is 45.1 Å². The van der Waals surface area contributed by atoms with Crippen molar-refractivity contribution in [3.8, 4) is 0 Å². The van der Waals surface area contributed by atoms with Gasteiger partial charge in [-0.1, -0.05) is 32.9 Å². The molecule has 3 nitrogen and oxygen atoms in total. The van der Waals surface area contributed by atoms with Crippen molar-refractivity contribution in [2.24, 2.45) is 5.41 Å².